The van der Waals surface area contributed by atoms with Crippen LogP contribution in [0.1, 0.15) is 5.56 Å². The highest BCUT2D eigenvalue weighted by Gasteiger charge is 2.12. The summed E-state index contributed by atoms with van der Waals surface area (Å²) >= 11 is 6.05. The molecule has 0 radical (unpaired) electrons. The molecule has 0 heterocycles. The Morgan fingerprint density at radius 1 is 1.25 bits per heavy atom. The van der Waals surface area contributed by atoms with Crippen molar-refractivity contribution < 1.29 is 4.74 Å². The topological polar surface area (TPSA) is 62.3 Å². The maximum Gasteiger partial charge on any atom is 0.124 e. The number of hydrogen-bond acceptors (Lipinski definition) is 3. The normalized spacial score (nSPS) is 10.2. The van der Waals surface area contributed by atoms with Crippen molar-refractivity contribution in [1.29, 1.82) is 5.41 Å². The molecule has 0 spiro atoms. The summed E-state index contributed by atoms with van der Waals surface area (Å²) < 4.78 is 5.22. The summed E-state index contributed by atoms with van der Waals surface area (Å²) in [5.41, 5.74) is 7.97. The molecule has 0 aliphatic heterocycles. The number of amidine groups is 1. The highest BCUT2D eigenvalue weighted by molar-refractivity contribution is 6.31. The minimum Gasteiger partial charge on any atom is -0.497 e. The van der Waals surface area contributed by atoms with Gasteiger partial charge in [0, 0.05) is 29.4 Å². The Bertz CT molecular complexity index is 643. The van der Waals surface area contributed by atoms with E-state index >= 15 is 0 Å². The average Bonchev–Trinajstić information content (AvgIpc) is 2.46. The molecule has 0 unspecified atom stereocenters. The van der Waals surface area contributed by atoms with Crippen molar-refractivity contribution in [3.63, 3.8) is 0 Å². The Kier molecular flexibility index (Phi) is 4.15. The highest BCUT2D eigenvalue weighted by atomic mass is 35.5. The molecule has 2 aromatic rings. The molecule has 5 heteroatoms. The molecule has 3 N–H and O–H groups in total. The van der Waals surface area contributed by atoms with E-state index in [1.165, 1.54) is 0 Å². The molecule has 0 saturated heterocycles. The number of benzene rings is 2. The zero-order valence-electron chi connectivity index (χ0n) is 11.4. The minimum atomic E-state index is 0.00594. The molecule has 0 aromatic heterocycles. The fourth-order valence-corrected chi connectivity index (χ4v) is 2.13. The van der Waals surface area contributed by atoms with E-state index in [1.54, 1.807) is 25.3 Å². The first-order valence-corrected chi connectivity index (χ1v) is 6.42. The third-order valence-corrected chi connectivity index (χ3v) is 3.29. The van der Waals surface area contributed by atoms with Gasteiger partial charge < -0.3 is 15.4 Å². The van der Waals surface area contributed by atoms with E-state index in [9.17, 15) is 0 Å². The first kappa shape index (κ1) is 14.2. The second-order valence-electron chi connectivity index (χ2n) is 4.34. The third kappa shape index (κ3) is 2.86. The first-order valence-electron chi connectivity index (χ1n) is 6.04. The van der Waals surface area contributed by atoms with Gasteiger partial charge in [0.05, 0.1) is 12.8 Å². The lowest BCUT2D eigenvalue weighted by molar-refractivity contribution is 0.415. The van der Waals surface area contributed by atoms with Crippen LogP contribution in [0.5, 0.6) is 5.75 Å². The molecule has 0 aliphatic rings. The SMILES string of the molecule is COc1cccc(N(C)c2cc(Cl)ccc2C(=N)N)c1. The number of nitrogens with zero attached hydrogens (tertiary/aromatic N) is 1. The van der Waals surface area contributed by atoms with Crippen LogP contribution in [0.15, 0.2) is 42.5 Å². The summed E-state index contributed by atoms with van der Waals surface area (Å²) in [5, 5.41) is 8.26. The van der Waals surface area contributed by atoms with Crippen molar-refractivity contribution in [2.24, 2.45) is 5.73 Å². The quantitative estimate of drug-likeness (QED) is 0.670. The molecular weight excluding hydrogens is 274 g/mol. The zero-order valence-corrected chi connectivity index (χ0v) is 12.1. The van der Waals surface area contributed by atoms with E-state index < -0.39 is 0 Å². The molecule has 4 nitrogen and oxygen atoms in total. The van der Waals surface area contributed by atoms with E-state index in [1.807, 2.05) is 36.2 Å². The molecule has 0 atom stereocenters. The van der Waals surface area contributed by atoms with Gasteiger partial charge in [0.2, 0.25) is 0 Å². The first-order chi connectivity index (χ1) is 9.52. The van der Waals surface area contributed by atoms with E-state index in [4.69, 9.17) is 27.5 Å². The predicted molar refractivity (Wildman–Crippen MR) is 83.5 cm³/mol. The molecule has 0 fully saturated rings. The summed E-state index contributed by atoms with van der Waals surface area (Å²) in [6.45, 7) is 0. The van der Waals surface area contributed by atoms with E-state index in [0.29, 0.717) is 10.6 Å². The lowest BCUT2D eigenvalue weighted by Crippen LogP contribution is -2.18. The van der Waals surface area contributed by atoms with Crippen molar-refractivity contribution in [2.45, 2.75) is 0 Å². The number of halogens is 1. The summed E-state index contributed by atoms with van der Waals surface area (Å²) in [7, 11) is 3.52. The zero-order chi connectivity index (χ0) is 14.7. The lowest BCUT2D eigenvalue weighted by atomic mass is 10.1. The second-order valence-corrected chi connectivity index (χ2v) is 4.77. The summed E-state index contributed by atoms with van der Waals surface area (Å²) in [5.74, 6) is 0.771. The van der Waals surface area contributed by atoms with Gasteiger partial charge in [-0.15, -0.1) is 0 Å². The Hall–Kier alpha value is -2.20. The van der Waals surface area contributed by atoms with Gasteiger partial charge in [-0.05, 0) is 30.3 Å². The number of nitrogen functional groups attached to an aromatic ring is 1. The van der Waals surface area contributed by atoms with Gasteiger partial charge in [0.1, 0.15) is 11.6 Å². The number of hydrogen-bond donors (Lipinski definition) is 2. The van der Waals surface area contributed by atoms with Gasteiger partial charge >= 0.3 is 0 Å². The molecule has 0 aliphatic carbocycles. The average molecular weight is 290 g/mol. The van der Waals surface area contributed by atoms with Crippen LogP contribution in [0.3, 0.4) is 0 Å². The van der Waals surface area contributed by atoms with Crippen LogP contribution < -0.4 is 15.4 Å². The summed E-state index contributed by atoms with van der Waals surface area (Å²) in [6, 6.07) is 12.9. The van der Waals surface area contributed by atoms with Crippen LogP contribution in [-0.2, 0) is 0 Å². The van der Waals surface area contributed by atoms with E-state index in [2.05, 4.69) is 0 Å². The summed E-state index contributed by atoms with van der Waals surface area (Å²) in [6.07, 6.45) is 0. The van der Waals surface area contributed by atoms with Crippen LogP contribution in [0.4, 0.5) is 11.4 Å². The van der Waals surface area contributed by atoms with Crippen LogP contribution in [0, 0.1) is 5.41 Å². The Morgan fingerprint density at radius 2 is 2.00 bits per heavy atom. The predicted octanol–water partition coefficient (Wildman–Crippen LogP) is 3.40. The lowest BCUT2D eigenvalue weighted by Gasteiger charge is -2.23. The van der Waals surface area contributed by atoms with Gasteiger partial charge in [0.25, 0.3) is 0 Å². The summed E-state index contributed by atoms with van der Waals surface area (Å²) in [4.78, 5) is 1.92. The molecule has 2 aromatic carbocycles. The molecule has 104 valence electrons. The molecule has 0 bridgehead atoms. The third-order valence-electron chi connectivity index (χ3n) is 3.05. The second kappa shape index (κ2) is 5.84. The molecule has 2 rings (SSSR count). The Balaban J connectivity index is 2.49. The van der Waals surface area contributed by atoms with Crippen molar-refractivity contribution >= 4 is 28.8 Å². The van der Waals surface area contributed by atoms with Crippen molar-refractivity contribution in [2.75, 3.05) is 19.1 Å². The highest BCUT2D eigenvalue weighted by Crippen LogP contribution is 2.31. The van der Waals surface area contributed by atoms with Gasteiger partial charge in [-0.3, -0.25) is 5.41 Å². The van der Waals surface area contributed by atoms with Crippen molar-refractivity contribution in [1.82, 2.24) is 0 Å². The number of rotatable bonds is 4. The number of methoxy groups -OCH3 is 1. The fraction of sp³-hybridized carbons (Fsp3) is 0.133. The largest absolute Gasteiger partial charge is 0.497 e. The maximum atomic E-state index is 7.66. The van der Waals surface area contributed by atoms with Crippen LogP contribution in [-0.4, -0.2) is 20.0 Å². The van der Waals surface area contributed by atoms with Gasteiger partial charge in [-0.1, -0.05) is 17.7 Å². The fourth-order valence-electron chi connectivity index (χ4n) is 1.97. The molecule has 0 amide bonds. The van der Waals surface area contributed by atoms with Crippen LogP contribution in [0.25, 0.3) is 0 Å². The minimum absolute atomic E-state index is 0.00594. The van der Waals surface area contributed by atoms with Gasteiger partial charge in [0.15, 0.2) is 0 Å². The molecule has 0 saturated carbocycles. The van der Waals surface area contributed by atoms with Crippen LogP contribution in [0.2, 0.25) is 5.02 Å². The number of anilines is 2. The van der Waals surface area contributed by atoms with Crippen molar-refractivity contribution in [3.8, 4) is 5.75 Å². The maximum absolute atomic E-state index is 7.66. The monoisotopic (exact) mass is 289 g/mol. The van der Waals surface area contributed by atoms with E-state index in [0.717, 1.165) is 17.1 Å². The van der Waals surface area contributed by atoms with Gasteiger partial charge in [-0.25, -0.2) is 0 Å². The number of nitrogens with one attached hydrogen (secondary N) is 1. The van der Waals surface area contributed by atoms with E-state index in [-0.39, 0.29) is 5.84 Å². The number of ether oxygens (including phenoxy) is 1. The smallest absolute Gasteiger partial charge is 0.124 e. The van der Waals surface area contributed by atoms with Crippen molar-refractivity contribution in [3.05, 3.63) is 53.1 Å². The Labute approximate surface area is 123 Å². The molecular formula is C15H16ClN3O. The number of nitrogens with two attached hydrogens (primary N) is 1. The standard InChI is InChI=1S/C15H16ClN3O/c1-19(11-4-3-5-12(9-11)20-2)14-8-10(16)6-7-13(14)15(17)18/h3-9H,1-2H3,(H3,17,18). The van der Waals surface area contributed by atoms with Crippen LogP contribution >= 0.6 is 11.6 Å². The molecule has 20 heavy (non-hydrogen) atoms. The Morgan fingerprint density at radius 3 is 2.65 bits per heavy atom. The van der Waals surface area contributed by atoms with Gasteiger partial charge in [-0.2, -0.15) is 0 Å².